The maximum atomic E-state index is 12.2. The van der Waals surface area contributed by atoms with Gasteiger partial charge in [-0.15, -0.1) is 0 Å². The van der Waals surface area contributed by atoms with E-state index in [1.54, 1.807) is 18.2 Å². The van der Waals surface area contributed by atoms with Gasteiger partial charge in [-0.2, -0.15) is 13.2 Å². The van der Waals surface area contributed by atoms with Crippen LogP contribution in [0.4, 0.5) is 13.2 Å². The van der Waals surface area contributed by atoms with Crippen molar-refractivity contribution in [2.75, 3.05) is 0 Å². The molecule has 1 aromatic rings. The van der Waals surface area contributed by atoms with E-state index in [-0.39, 0.29) is 16.7 Å². The maximum absolute atomic E-state index is 12.2. The van der Waals surface area contributed by atoms with Crippen LogP contribution in [0.25, 0.3) is 0 Å². The number of thioether (sulfide) groups is 1. The molecule has 0 nitrogen and oxygen atoms in total. The highest BCUT2D eigenvalue weighted by atomic mass is 32.2. The first-order chi connectivity index (χ1) is 7.03. The van der Waals surface area contributed by atoms with Crippen LogP contribution in [-0.2, 0) is 0 Å². The second-order valence-corrected chi connectivity index (χ2v) is 3.81. The Kier molecular flexibility index (Phi) is 4.10. The van der Waals surface area contributed by atoms with Gasteiger partial charge in [0.2, 0.25) is 0 Å². The van der Waals surface area contributed by atoms with Crippen LogP contribution in [0.1, 0.15) is 18.9 Å². The molecular formula is C11H9F3S. The van der Waals surface area contributed by atoms with Crippen LogP contribution in [-0.4, -0.2) is 5.51 Å². The lowest BCUT2D eigenvalue weighted by molar-refractivity contribution is -0.0328. The van der Waals surface area contributed by atoms with Crippen LogP contribution < -0.4 is 0 Å². The fourth-order valence-electron chi connectivity index (χ4n) is 0.967. The van der Waals surface area contributed by atoms with Gasteiger partial charge in [-0.3, -0.25) is 0 Å². The van der Waals surface area contributed by atoms with Gasteiger partial charge in [-0.05, 0) is 23.9 Å². The zero-order valence-electron chi connectivity index (χ0n) is 8.06. The van der Waals surface area contributed by atoms with Crippen LogP contribution in [0.5, 0.6) is 0 Å². The number of benzene rings is 1. The van der Waals surface area contributed by atoms with Crippen LogP contribution in [0.3, 0.4) is 0 Å². The molecule has 0 aliphatic rings. The predicted octanol–water partition coefficient (Wildman–Crippen LogP) is 4.06. The van der Waals surface area contributed by atoms with Crippen molar-refractivity contribution in [3.63, 3.8) is 0 Å². The highest BCUT2D eigenvalue weighted by Crippen LogP contribution is 2.38. The Bertz CT molecular complexity index is 385. The summed E-state index contributed by atoms with van der Waals surface area (Å²) in [5, 5.41) is 0. The maximum Gasteiger partial charge on any atom is 0.446 e. The fourth-order valence-corrected chi connectivity index (χ4v) is 1.59. The van der Waals surface area contributed by atoms with Gasteiger partial charge < -0.3 is 0 Å². The summed E-state index contributed by atoms with van der Waals surface area (Å²) >= 11 is -0.125. The van der Waals surface area contributed by atoms with Gasteiger partial charge in [0.1, 0.15) is 0 Å². The molecule has 80 valence electrons. The van der Waals surface area contributed by atoms with Gasteiger partial charge in [0.05, 0.1) is 0 Å². The minimum absolute atomic E-state index is 0.125. The normalized spacial score (nSPS) is 10.7. The van der Waals surface area contributed by atoms with E-state index >= 15 is 0 Å². The molecule has 15 heavy (non-hydrogen) atoms. The number of hydrogen-bond acceptors (Lipinski definition) is 1. The van der Waals surface area contributed by atoms with Crippen LogP contribution in [0.15, 0.2) is 29.2 Å². The van der Waals surface area contributed by atoms with Gasteiger partial charge in [0.25, 0.3) is 0 Å². The summed E-state index contributed by atoms with van der Waals surface area (Å²) in [6, 6.07) is 6.28. The molecule has 0 saturated carbocycles. The first-order valence-electron chi connectivity index (χ1n) is 4.36. The van der Waals surface area contributed by atoms with Crippen LogP contribution >= 0.6 is 11.8 Å². The summed E-state index contributed by atoms with van der Waals surface area (Å²) < 4.78 is 36.5. The standard InChI is InChI=1S/C11H9F3S/c1-2-3-6-9-7-4-5-8-10(9)15-11(12,13)14/h4-5,7-8H,2H2,1H3. The molecule has 0 fully saturated rings. The Morgan fingerprint density at radius 1 is 1.27 bits per heavy atom. The molecule has 0 heterocycles. The molecule has 0 bridgehead atoms. The van der Waals surface area contributed by atoms with Crippen LogP contribution in [0, 0.1) is 11.8 Å². The monoisotopic (exact) mass is 230 g/mol. The third kappa shape index (κ3) is 4.30. The lowest BCUT2D eigenvalue weighted by Gasteiger charge is -2.06. The smallest absolute Gasteiger partial charge is 0.160 e. The average Bonchev–Trinajstić information content (AvgIpc) is 2.14. The van der Waals surface area contributed by atoms with Crippen molar-refractivity contribution in [3.05, 3.63) is 29.8 Å². The van der Waals surface area contributed by atoms with E-state index in [4.69, 9.17) is 0 Å². The molecule has 0 N–H and O–H groups in total. The fraction of sp³-hybridized carbons (Fsp3) is 0.273. The van der Waals surface area contributed by atoms with E-state index in [1.807, 2.05) is 6.92 Å². The minimum atomic E-state index is -4.26. The molecule has 1 aromatic carbocycles. The largest absolute Gasteiger partial charge is 0.446 e. The number of alkyl halides is 3. The van der Waals surface area contributed by atoms with Gasteiger partial charge in [0, 0.05) is 16.9 Å². The highest BCUT2D eigenvalue weighted by Gasteiger charge is 2.29. The molecule has 0 aliphatic carbocycles. The highest BCUT2D eigenvalue weighted by molar-refractivity contribution is 8.00. The summed E-state index contributed by atoms with van der Waals surface area (Å²) in [5.74, 6) is 5.47. The van der Waals surface area contributed by atoms with Gasteiger partial charge in [0.15, 0.2) is 0 Å². The Hall–Kier alpha value is -1.08. The molecule has 4 heteroatoms. The summed E-state index contributed by atoms with van der Waals surface area (Å²) in [6.07, 6.45) is 0.630. The van der Waals surface area contributed by atoms with Crippen molar-refractivity contribution in [2.45, 2.75) is 23.7 Å². The second kappa shape index (κ2) is 5.13. The molecule has 0 atom stereocenters. The zero-order valence-corrected chi connectivity index (χ0v) is 8.88. The Morgan fingerprint density at radius 3 is 2.53 bits per heavy atom. The predicted molar refractivity (Wildman–Crippen MR) is 55.5 cm³/mol. The molecule has 0 spiro atoms. The summed E-state index contributed by atoms with van der Waals surface area (Å²) in [6.45, 7) is 1.85. The van der Waals surface area contributed by atoms with Gasteiger partial charge >= 0.3 is 5.51 Å². The summed E-state index contributed by atoms with van der Waals surface area (Å²) in [4.78, 5) is 0.158. The first kappa shape index (κ1) is 12.0. The Morgan fingerprint density at radius 2 is 1.93 bits per heavy atom. The number of halogens is 3. The molecule has 0 unspecified atom stereocenters. The van der Waals surface area contributed by atoms with E-state index in [0.29, 0.717) is 12.0 Å². The van der Waals surface area contributed by atoms with Crippen molar-refractivity contribution in [1.29, 1.82) is 0 Å². The molecule has 0 aromatic heterocycles. The first-order valence-corrected chi connectivity index (χ1v) is 5.18. The van der Waals surface area contributed by atoms with E-state index in [9.17, 15) is 13.2 Å². The van der Waals surface area contributed by atoms with E-state index in [2.05, 4.69) is 11.8 Å². The molecular weight excluding hydrogens is 221 g/mol. The average molecular weight is 230 g/mol. The van der Waals surface area contributed by atoms with Crippen molar-refractivity contribution >= 4 is 11.8 Å². The topological polar surface area (TPSA) is 0 Å². The quantitative estimate of drug-likeness (QED) is 0.518. The summed E-state index contributed by atoms with van der Waals surface area (Å²) in [5.41, 5.74) is -3.83. The van der Waals surface area contributed by atoms with Crippen molar-refractivity contribution in [3.8, 4) is 11.8 Å². The van der Waals surface area contributed by atoms with Gasteiger partial charge in [-0.1, -0.05) is 30.9 Å². The van der Waals surface area contributed by atoms with Crippen LogP contribution in [0.2, 0.25) is 0 Å². The lowest BCUT2D eigenvalue weighted by Crippen LogP contribution is -1.99. The zero-order chi connectivity index (χ0) is 11.3. The number of rotatable bonds is 1. The molecule has 1 rings (SSSR count). The molecule has 0 saturated heterocycles. The van der Waals surface area contributed by atoms with Crippen molar-refractivity contribution in [2.24, 2.45) is 0 Å². The van der Waals surface area contributed by atoms with Gasteiger partial charge in [-0.25, -0.2) is 0 Å². The third-order valence-corrected chi connectivity index (χ3v) is 2.32. The van der Waals surface area contributed by atoms with Crippen molar-refractivity contribution < 1.29 is 13.2 Å². The van der Waals surface area contributed by atoms with E-state index < -0.39 is 5.51 Å². The molecule has 0 amide bonds. The Labute approximate surface area is 90.9 Å². The molecule has 0 aliphatic heterocycles. The van der Waals surface area contributed by atoms with E-state index in [1.165, 1.54) is 6.07 Å². The second-order valence-electron chi connectivity index (χ2n) is 2.70. The van der Waals surface area contributed by atoms with E-state index in [0.717, 1.165) is 0 Å². The molecule has 0 radical (unpaired) electrons. The summed E-state index contributed by atoms with van der Waals surface area (Å²) in [7, 11) is 0. The SMILES string of the molecule is CCC#Cc1ccccc1SC(F)(F)F. The third-order valence-electron chi connectivity index (χ3n) is 1.51. The van der Waals surface area contributed by atoms with Crippen molar-refractivity contribution in [1.82, 2.24) is 0 Å². The Balaban J connectivity index is 2.96. The lowest BCUT2D eigenvalue weighted by atomic mass is 10.2. The minimum Gasteiger partial charge on any atom is -0.160 e. The number of hydrogen-bond donors (Lipinski definition) is 0.